The first-order chi connectivity index (χ1) is 21.3. The number of hydrogen-bond acceptors (Lipinski definition) is 8. The summed E-state index contributed by atoms with van der Waals surface area (Å²) in [5.41, 5.74) is 6.15. The molecule has 4 aromatic heterocycles. The van der Waals surface area contributed by atoms with Crippen LogP contribution in [0.4, 0.5) is 10.5 Å². The van der Waals surface area contributed by atoms with E-state index in [1.807, 2.05) is 74.2 Å². The Morgan fingerprint density at radius 2 is 1.70 bits per heavy atom. The average molecular weight is 589 g/mol. The summed E-state index contributed by atoms with van der Waals surface area (Å²) in [7, 11) is 0. The molecule has 5 heterocycles. The SMILES string of the molecule is CC(C)(C)OC(=O)N1CCN(c2ccc(Cc3nccc(-c4cn(Cc5ccccn5)nc4-c4cccnc4)n3)cc2)CC1. The van der Waals surface area contributed by atoms with Crippen LogP contribution in [0.5, 0.6) is 0 Å². The van der Waals surface area contributed by atoms with E-state index in [9.17, 15) is 4.79 Å². The second kappa shape index (κ2) is 12.6. The molecule has 0 radical (unpaired) electrons. The molecule has 1 aliphatic rings. The summed E-state index contributed by atoms with van der Waals surface area (Å²) < 4.78 is 7.42. The van der Waals surface area contributed by atoms with E-state index in [1.165, 1.54) is 0 Å². The standard InChI is InChI=1S/C34H36N8O2/c1-34(2,3)44-33(43)41-19-17-40(18-20-41)28-11-9-25(10-12-28)21-31-37-16-13-30(38-31)29-24-42(23-27-8-4-5-15-36-27)39-32(29)26-7-6-14-35-22-26/h4-16,22,24H,17-21,23H2,1-3H3. The van der Waals surface area contributed by atoms with Crippen molar-refractivity contribution in [1.29, 1.82) is 0 Å². The zero-order valence-corrected chi connectivity index (χ0v) is 25.3. The van der Waals surface area contributed by atoms with Crippen molar-refractivity contribution in [2.45, 2.75) is 39.3 Å². The fourth-order valence-electron chi connectivity index (χ4n) is 5.18. The summed E-state index contributed by atoms with van der Waals surface area (Å²) in [6, 6.07) is 20.2. The summed E-state index contributed by atoms with van der Waals surface area (Å²) in [6.07, 6.45) is 9.54. The highest BCUT2D eigenvalue weighted by Crippen LogP contribution is 2.30. The number of carbonyl (C=O) groups is 1. The van der Waals surface area contributed by atoms with E-state index in [4.69, 9.17) is 14.8 Å². The Labute approximate surface area is 257 Å². The Bertz CT molecular complexity index is 1690. The number of pyridine rings is 2. The van der Waals surface area contributed by atoms with Crippen LogP contribution >= 0.6 is 0 Å². The van der Waals surface area contributed by atoms with Gasteiger partial charge in [-0.05, 0) is 68.8 Å². The van der Waals surface area contributed by atoms with E-state index in [0.717, 1.165) is 58.4 Å². The average Bonchev–Trinajstić information content (AvgIpc) is 3.45. The van der Waals surface area contributed by atoms with E-state index in [2.05, 4.69) is 44.1 Å². The van der Waals surface area contributed by atoms with Crippen molar-refractivity contribution < 1.29 is 9.53 Å². The summed E-state index contributed by atoms with van der Waals surface area (Å²) in [6.45, 7) is 9.02. The summed E-state index contributed by atoms with van der Waals surface area (Å²) in [5, 5.41) is 4.89. The molecule has 224 valence electrons. The van der Waals surface area contributed by atoms with Crippen molar-refractivity contribution in [2.24, 2.45) is 0 Å². The molecule has 1 amide bonds. The lowest BCUT2D eigenvalue weighted by Gasteiger charge is -2.36. The molecular formula is C34H36N8O2. The minimum Gasteiger partial charge on any atom is -0.444 e. The molecule has 0 unspecified atom stereocenters. The summed E-state index contributed by atoms with van der Waals surface area (Å²) in [5.74, 6) is 0.732. The summed E-state index contributed by atoms with van der Waals surface area (Å²) in [4.78, 5) is 34.8. The first-order valence-corrected chi connectivity index (χ1v) is 14.8. The number of hydrogen-bond donors (Lipinski definition) is 0. The van der Waals surface area contributed by atoms with E-state index in [-0.39, 0.29) is 6.09 Å². The molecular weight excluding hydrogens is 552 g/mol. The van der Waals surface area contributed by atoms with Gasteiger partial charge in [0.15, 0.2) is 0 Å². The van der Waals surface area contributed by atoms with Crippen molar-refractivity contribution >= 4 is 11.8 Å². The Kier molecular flexibility index (Phi) is 8.31. The zero-order valence-electron chi connectivity index (χ0n) is 25.3. The van der Waals surface area contributed by atoms with Crippen LogP contribution in [0, 0.1) is 0 Å². The lowest BCUT2D eigenvalue weighted by Crippen LogP contribution is -2.50. The van der Waals surface area contributed by atoms with E-state index in [0.29, 0.717) is 26.1 Å². The number of amides is 1. The topological polar surface area (TPSA) is 102 Å². The zero-order chi connectivity index (χ0) is 30.5. The number of carbonyl (C=O) groups excluding carboxylic acids is 1. The third-order valence-corrected chi connectivity index (χ3v) is 7.32. The van der Waals surface area contributed by atoms with Crippen molar-refractivity contribution in [3.63, 3.8) is 0 Å². The molecule has 6 rings (SSSR count). The monoisotopic (exact) mass is 588 g/mol. The maximum Gasteiger partial charge on any atom is 0.410 e. The van der Waals surface area contributed by atoms with Gasteiger partial charge in [-0.3, -0.25) is 14.6 Å². The van der Waals surface area contributed by atoms with E-state index in [1.54, 1.807) is 23.5 Å². The molecule has 1 fully saturated rings. The fraction of sp³-hybridized carbons (Fsp3) is 0.294. The van der Waals surface area contributed by atoms with Crippen LogP contribution < -0.4 is 4.90 Å². The van der Waals surface area contributed by atoms with Gasteiger partial charge in [0.2, 0.25) is 0 Å². The van der Waals surface area contributed by atoms with Crippen LogP contribution in [-0.4, -0.2) is 72.5 Å². The van der Waals surface area contributed by atoms with E-state index >= 15 is 0 Å². The van der Waals surface area contributed by atoms with Gasteiger partial charge in [0.25, 0.3) is 0 Å². The molecule has 5 aromatic rings. The molecule has 1 saturated heterocycles. The van der Waals surface area contributed by atoms with Crippen LogP contribution in [0.15, 0.2) is 91.6 Å². The minimum atomic E-state index is -0.489. The fourth-order valence-corrected chi connectivity index (χ4v) is 5.18. The number of nitrogens with zero attached hydrogens (tertiary/aromatic N) is 8. The van der Waals surface area contributed by atoms with Crippen LogP contribution in [0.1, 0.15) is 37.9 Å². The van der Waals surface area contributed by atoms with Crippen molar-refractivity contribution in [3.05, 3.63) is 109 Å². The number of piperazine rings is 1. The molecule has 0 spiro atoms. The molecule has 10 heteroatoms. The van der Waals surface area contributed by atoms with Crippen molar-refractivity contribution in [3.8, 4) is 22.5 Å². The lowest BCUT2D eigenvalue weighted by atomic mass is 10.1. The molecule has 0 aliphatic carbocycles. The van der Waals surface area contributed by atoms with Crippen LogP contribution in [-0.2, 0) is 17.7 Å². The summed E-state index contributed by atoms with van der Waals surface area (Å²) >= 11 is 0. The van der Waals surface area contributed by atoms with Crippen LogP contribution in [0.3, 0.4) is 0 Å². The Morgan fingerprint density at radius 1 is 0.886 bits per heavy atom. The Balaban J connectivity index is 1.15. The number of ether oxygens (including phenoxy) is 1. The lowest BCUT2D eigenvalue weighted by molar-refractivity contribution is 0.0240. The van der Waals surface area contributed by atoms with Crippen LogP contribution in [0.2, 0.25) is 0 Å². The van der Waals surface area contributed by atoms with Gasteiger partial charge in [-0.15, -0.1) is 0 Å². The number of anilines is 1. The quantitative estimate of drug-likeness (QED) is 0.246. The van der Waals surface area contributed by atoms with Gasteiger partial charge in [-0.25, -0.2) is 14.8 Å². The molecule has 1 aromatic carbocycles. The molecule has 0 saturated carbocycles. The number of benzene rings is 1. The van der Waals surface area contributed by atoms with Gasteiger partial charge in [-0.1, -0.05) is 18.2 Å². The first-order valence-electron chi connectivity index (χ1n) is 14.8. The van der Waals surface area contributed by atoms with Crippen LogP contribution in [0.25, 0.3) is 22.5 Å². The predicted octanol–water partition coefficient (Wildman–Crippen LogP) is 5.49. The van der Waals surface area contributed by atoms with Gasteiger partial charge in [0.1, 0.15) is 17.1 Å². The van der Waals surface area contributed by atoms with Gasteiger partial charge in [0.05, 0.1) is 17.9 Å². The highest BCUT2D eigenvalue weighted by atomic mass is 16.6. The third kappa shape index (κ3) is 7.08. The largest absolute Gasteiger partial charge is 0.444 e. The van der Waals surface area contributed by atoms with Crippen molar-refractivity contribution in [1.82, 2.24) is 34.6 Å². The first kappa shape index (κ1) is 29.0. The Hall–Kier alpha value is -5.12. The third-order valence-electron chi connectivity index (χ3n) is 7.32. The van der Waals surface area contributed by atoms with Gasteiger partial charge in [-0.2, -0.15) is 5.10 Å². The van der Waals surface area contributed by atoms with Gasteiger partial charge < -0.3 is 14.5 Å². The molecule has 10 nitrogen and oxygen atoms in total. The number of rotatable bonds is 7. The second-order valence-electron chi connectivity index (χ2n) is 11.8. The second-order valence-corrected chi connectivity index (χ2v) is 11.8. The molecule has 1 aliphatic heterocycles. The highest BCUT2D eigenvalue weighted by molar-refractivity contribution is 5.78. The van der Waals surface area contributed by atoms with E-state index < -0.39 is 5.60 Å². The molecule has 0 N–H and O–H groups in total. The minimum absolute atomic E-state index is 0.247. The molecule has 44 heavy (non-hydrogen) atoms. The Morgan fingerprint density at radius 3 is 2.41 bits per heavy atom. The highest BCUT2D eigenvalue weighted by Gasteiger charge is 2.26. The number of aromatic nitrogens is 6. The molecule has 0 bridgehead atoms. The maximum atomic E-state index is 12.4. The maximum absolute atomic E-state index is 12.4. The van der Waals surface area contributed by atoms with Gasteiger partial charge >= 0.3 is 6.09 Å². The normalized spacial score (nSPS) is 13.6. The van der Waals surface area contributed by atoms with Gasteiger partial charge in [0, 0.05) is 80.4 Å². The smallest absolute Gasteiger partial charge is 0.410 e. The molecule has 0 atom stereocenters. The van der Waals surface area contributed by atoms with Crippen molar-refractivity contribution in [2.75, 3.05) is 31.1 Å². The predicted molar refractivity (Wildman–Crippen MR) is 169 cm³/mol.